The number of rotatable bonds is 13. The van der Waals surface area contributed by atoms with Crippen LogP contribution in [0.1, 0.15) is 16.7 Å². The maximum absolute atomic E-state index is 14.3. The second-order valence-electron chi connectivity index (χ2n) is 10.9. The van der Waals surface area contributed by atoms with Crippen LogP contribution in [0.3, 0.4) is 0 Å². The third-order valence-electron chi connectivity index (χ3n) is 7.60. The number of amides is 4. The summed E-state index contributed by atoms with van der Waals surface area (Å²) in [5.74, 6) is -0.807. The van der Waals surface area contributed by atoms with E-state index >= 15 is 0 Å². The van der Waals surface area contributed by atoms with E-state index in [4.69, 9.17) is 4.89 Å². The molecule has 0 bridgehead atoms. The minimum Gasteiger partial charge on any atom is -0.746 e. The summed E-state index contributed by atoms with van der Waals surface area (Å²) < 4.78 is 16.8. The molecule has 1 saturated heterocycles. The van der Waals surface area contributed by atoms with Crippen molar-refractivity contribution in [1.82, 2.24) is 25.8 Å². The number of nitrogens with zero attached hydrogens (tertiary/aromatic N) is 2. The molecule has 0 aliphatic carbocycles. The van der Waals surface area contributed by atoms with Crippen molar-refractivity contribution >= 4 is 47.1 Å². The fourth-order valence-corrected chi connectivity index (χ4v) is 6.82. The van der Waals surface area contributed by atoms with Crippen LogP contribution in [0.15, 0.2) is 96.9 Å². The van der Waals surface area contributed by atoms with Crippen LogP contribution in [-0.2, 0) is 33.7 Å². The summed E-state index contributed by atoms with van der Waals surface area (Å²) in [5, 5.41) is 11.8. The molecule has 48 heavy (non-hydrogen) atoms. The van der Waals surface area contributed by atoms with E-state index < -0.39 is 32.0 Å². The van der Waals surface area contributed by atoms with Gasteiger partial charge in [0.25, 0.3) is 0 Å². The summed E-state index contributed by atoms with van der Waals surface area (Å²) in [7, 11) is -5.01. The van der Waals surface area contributed by atoms with Crippen LogP contribution in [-0.4, -0.2) is 64.4 Å². The van der Waals surface area contributed by atoms with Crippen LogP contribution in [0.4, 0.5) is 4.79 Å². The predicted molar refractivity (Wildman–Crippen MR) is 177 cm³/mol. The molecule has 1 unspecified atom stereocenters. The van der Waals surface area contributed by atoms with Gasteiger partial charge >= 0.3 is 43.4 Å². The van der Waals surface area contributed by atoms with Crippen molar-refractivity contribution < 1.29 is 62.8 Å². The number of hydrogen-bond acceptors (Lipinski definition) is 8. The number of hydrogen-bond donors (Lipinski definition) is 4. The Labute approximate surface area is 304 Å². The molecule has 1 aromatic heterocycles. The van der Waals surface area contributed by atoms with Crippen molar-refractivity contribution in [2.75, 3.05) is 19.6 Å². The Morgan fingerprint density at radius 1 is 1.06 bits per heavy atom. The Balaban J connectivity index is 0.00000520. The quantitative estimate of drug-likeness (QED) is 0.0663. The van der Waals surface area contributed by atoms with Gasteiger partial charge < -0.3 is 40.1 Å². The number of nitrogens with one attached hydrogen (secondary N) is 3. The Kier molecular flexibility index (Phi) is 13.4. The molecule has 1 aliphatic rings. The number of carbonyl (C=O) groups is 3. The van der Waals surface area contributed by atoms with E-state index in [2.05, 4.69) is 27.1 Å². The van der Waals surface area contributed by atoms with Gasteiger partial charge in [-0.05, 0) is 45.7 Å². The van der Waals surface area contributed by atoms with Crippen LogP contribution in [0.25, 0.3) is 10.1 Å². The van der Waals surface area contributed by atoms with Crippen molar-refractivity contribution in [2.45, 2.75) is 31.7 Å². The first kappa shape index (κ1) is 37.3. The Hall–Kier alpha value is -3.52. The smallest absolute Gasteiger partial charge is 0.746 e. The maximum Gasteiger partial charge on any atom is 1.00 e. The fraction of sp³-hybridized carbons (Fsp3) is 0.242. The van der Waals surface area contributed by atoms with Crippen molar-refractivity contribution in [2.24, 2.45) is 0 Å². The van der Waals surface area contributed by atoms with E-state index in [0.29, 0.717) is 12.1 Å². The van der Waals surface area contributed by atoms with Gasteiger partial charge in [-0.3, -0.25) is 14.2 Å². The number of thiophene rings is 1. The first-order valence-corrected chi connectivity index (χ1v) is 17.3. The van der Waals surface area contributed by atoms with E-state index in [1.165, 1.54) is 17.0 Å². The number of piperazine rings is 1. The molecule has 5 rings (SSSR count). The van der Waals surface area contributed by atoms with Gasteiger partial charge in [0.2, 0.25) is 11.8 Å². The second-order valence-corrected chi connectivity index (χ2v) is 13.0. The zero-order valence-electron chi connectivity index (χ0n) is 26.4. The van der Waals surface area contributed by atoms with Crippen molar-refractivity contribution in [1.29, 1.82) is 0 Å². The molecule has 4 N–H and O–H groups in total. The van der Waals surface area contributed by atoms with E-state index in [0.717, 1.165) is 21.2 Å². The second kappa shape index (κ2) is 17.2. The third kappa shape index (κ3) is 10.0. The molecule has 3 aromatic carbocycles. The predicted octanol–water partition coefficient (Wildman–Crippen LogP) is 0.128. The first-order chi connectivity index (χ1) is 22.6. The summed E-state index contributed by atoms with van der Waals surface area (Å²) in [6, 6.07) is 21.6. The third-order valence-corrected chi connectivity index (χ3v) is 9.06. The fourth-order valence-electron chi connectivity index (χ4n) is 5.48. The average molecular weight is 700 g/mol. The number of phosphoric acid groups is 1. The minimum atomic E-state index is -5.01. The van der Waals surface area contributed by atoms with Gasteiger partial charge in [0, 0.05) is 30.8 Å². The average Bonchev–Trinajstić information content (AvgIpc) is 3.45. The van der Waals surface area contributed by atoms with Crippen molar-refractivity contribution in [3.05, 3.63) is 114 Å². The molecule has 0 spiro atoms. The van der Waals surface area contributed by atoms with Gasteiger partial charge in [-0.25, -0.2) is 4.79 Å². The monoisotopic (exact) mass is 699 g/mol. The molecule has 0 saturated carbocycles. The Bertz CT molecular complexity index is 1770. The first-order valence-electron chi connectivity index (χ1n) is 14.9. The molecule has 246 valence electrons. The molecule has 4 aromatic rings. The number of carbonyl (C=O) groups excluding carboxylic acids is 3. The number of phosphoric ester groups is 1. The van der Waals surface area contributed by atoms with Crippen LogP contribution in [0.2, 0.25) is 0 Å². The summed E-state index contributed by atoms with van der Waals surface area (Å²) in [6.07, 6.45) is 0.799. The van der Waals surface area contributed by atoms with Crippen molar-refractivity contribution in [3.63, 3.8) is 0 Å². The van der Waals surface area contributed by atoms with Crippen LogP contribution < -0.4 is 54.9 Å². The van der Waals surface area contributed by atoms with Crippen LogP contribution >= 0.6 is 19.2 Å². The van der Waals surface area contributed by atoms with Gasteiger partial charge in [0.05, 0.1) is 13.1 Å². The minimum absolute atomic E-state index is 0. The van der Waals surface area contributed by atoms with Gasteiger partial charge in [0.15, 0.2) is 0 Å². The molecule has 0 radical (unpaired) electrons. The van der Waals surface area contributed by atoms with E-state index in [1.807, 2.05) is 60.0 Å². The molecular formula is C33H35N5NaO7PS. The van der Waals surface area contributed by atoms with E-state index in [9.17, 15) is 23.8 Å². The molecule has 1 aliphatic heterocycles. The van der Waals surface area contributed by atoms with Crippen LogP contribution in [0, 0.1) is 0 Å². The molecule has 15 heteroatoms. The SMILES string of the molecule is C=CCNCC(=O)N1[C@@H](NC(=O)NCc2ccccc2)CN(Cc2csc3ccccc23)C(=O)[C@@H]1Cc1ccc(OP(=O)([O-])O)cc1.[Na+]. The molecule has 1 fully saturated rings. The maximum atomic E-state index is 14.3. The number of benzene rings is 3. The largest absolute Gasteiger partial charge is 1.00 e. The zero-order valence-corrected chi connectivity index (χ0v) is 30.1. The van der Waals surface area contributed by atoms with E-state index in [1.54, 1.807) is 34.4 Å². The summed E-state index contributed by atoms with van der Waals surface area (Å²) >= 11 is 1.57. The number of fused-ring (bicyclic) bond motifs is 1. The molecular weight excluding hydrogens is 664 g/mol. The Morgan fingerprint density at radius 3 is 2.48 bits per heavy atom. The van der Waals surface area contributed by atoms with Gasteiger partial charge in [0.1, 0.15) is 18.0 Å². The Morgan fingerprint density at radius 2 is 1.77 bits per heavy atom. The van der Waals surface area contributed by atoms with E-state index in [-0.39, 0.29) is 73.8 Å². The summed E-state index contributed by atoms with van der Waals surface area (Å²) in [5.41, 5.74) is 2.44. The van der Waals surface area contributed by atoms with Gasteiger partial charge in [-0.2, -0.15) is 0 Å². The summed E-state index contributed by atoms with van der Waals surface area (Å²) in [4.78, 5) is 64.6. The molecule has 2 heterocycles. The topological polar surface area (TPSA) is 163 Å². The molecule has 12 nitrogen and oxygen atoms in total. The van der Waals surface area contributed by atoms with Gasteiger partial charge in [-0.1, -0.05) is 66.7 Å². The normalized spacial score (nSPS) is 17.2. The number of urea groups is 1. The zero-order chi connectivity index (χ0) is 33.4. The van der Waals surface area contributed by atoms with Gasteiger partial charge in [-0.15, -0.1) is 17.9 Å². The summed E-state index contributed by atoms with van der Waals surface area (Å²) in [6.45, 7) is 4.51. The van der Waals surface area contributed by atoms with Crippen LogP contribution in [0.5, 0.6) is 5.75 Å². The standard InChI is InChI=1S/C33H36N5O7PS.Na/c1-2-16-34-19-31(39)38-28(17-23-12-14-26(15-13-23)45-46(42,43)44)32(40)37(20-25-22-47-29-11-7-6-10-27(25)29)21-30(38)36-33(41)35-18-24-8-4-3-5-9-24;/h2-15,22,28,30,34H,1,16-21H2,(H2,35,36,41)(H2,42,43,44);/q;+1/p-1/t28-,30+;/m0./s1. The van der Waals surface area contributed by atoms with Crippen molar-refractivity contribution in [3.8, 4) is 5.75 Å². The molecule has 3 atom stereocenters. The molecule has 4 amide bonds.